The lowest BCUT2D eigenvalue weighted by molar-refractivity contribution is 0.0527. The molecule has 4 heteroatoms. The molecule has 3 aromatic heterocycles. The van der Waals surface area contributed by atoms with Crippen molar-refractivity contribution >= 4 is 33.4 Å². The molecule has 1 aromatic carbocycles. The van der Waals surface area contributed by atoms with E-state index in [-0.39, 0.29) is 5.97 Å². The molecule has 4 rings (SSSR count). The van der Waals surface area contributed by atoms with Crippen LogP contribution >= 0.6 is 0 Å². The number of aromatic nitrogens is 2. The monoisotopic (exact) mass is 304 g/mol. The SMILES string of the molecule is CCOC(=O)c1c(C)c2ccccc2n2c1cc1cccnc12. The number of hydrogen-bond acceptors (Lipinski definition) is 3. The first-order valence-electron chi connectivity index (χ1n) is 7.67. The van der Waals surface area contributed by atoms with Crippen LogP contribution in [0.4, 0.5) is 0 Å². The minimum Gasteiger partial charge on any atom is -0.462 e. The topological polar surface area (TPSA) is 43.6 Å². The van der Waals surface area contributed by atoms with E-state index in [4.69, 9.17) is 4.74 Å². The number of benzene rings is 1. The highest BCUT2D eigenvalue weighted by Gasteiger charge is 2.20. The maximum absolute atomic E-state index is 12.5. The van der Waals surface area contributed by atoms with Gasteiger partial charge in [-0.15, -0.1) is 0 Å². The maximum Gasteiger partial charge on any atom is 0.340 e. The maximum atomic E-state index is 12.5. The summed E-state index contributed by atoms with van der Waals surface area (Å²) in [5, 5.41) is 2.04. The molecular formula is C19H16N2O2. The molecule has 0 unspecified atom stereocenters. The molecule has 0 fully saturated rings. The van der Waals surface area contributed by atoms with Crippen LogP contribution < -0.4 is 0 Å². The highest BCUT2D eigenvalue weighted by atomic mass is 16.5. The summed E-state index contributed by atoms with van der Waals surface area (Å²) in [6.07, 6.45) is 1.77. The molecule has 0 aliphatic heterocycles. The van der Waals surface area contributed by atoms with Crippen LogP contribution in [0.25, 0.3) is 27.5 Å². The number of carbonyl (C=O) groups excluding carboxylic acids is 1. The van der Waals surface area contributed by atoms with Gasteiger partial charge >= 0.3 is 5.97 Å². The molecule has 23 heavy (non-hydrogen) atoms. The van der Waals surface area contributed by atoms with Crippen LogP contribution in [0.15, 0.2) is 48.7 Å². The number of ether oxygens (including phenoxy) is 1. The molecule has 0 bridgehead atoms. The number of fused-ring (bicyclic) bond motifs is 5. The van der Waals surface area contributed by atoms with E-state index in [0.29, 0.717) is 12.2 Å². The molecule has 0 saturated heterocycles. The summed E-state index contributed by atoms with van der Waals surface area (Å²) < 4.78 is 7.33. The van der Waals surface area contributed by atoms with E-state index < -0.39 is 0 Å². The number of nitrogens with zero attached hydrogens (tertiary/aromatic N) is 2. The molecule has 0 aliphatic rings. The van der Waals surface area contributed by atoms with Gasteiger partial charge in [0.05, 0.1) is 23.2 Å². The van der Waals surface area contributed by atoms with Gasteiger partial charge in [0, 0.05) is 17.0 Å². The fourth-order valence-electron chi connectivity index (χ4n) is 3.24. The Labute approximate surface area is 133 Å². The van der Waals surface area contributed by atoms with Crippen molar-refractivity contribution in [3.05, 3.63) is 59.8 Å². The Hall–Kier alpha value is -2.88. The number of aryl methyl sites for hydroxylation is 1. The second-order valence-corrected chi connectivity index (χ2v) is 5.52. The molecule has 0 spiro atoms. The van der Waals surface area contributed by atoms with Gasteiger partial charge in [0.25, 0.3) is 0 Å². The van der Waals surface area contributed by atoms with Gasteiger partial charge in [-0.05, 0) is 43.7 Å². The van der Waals surface area contributed by atoms with Crippen molar-refractivity contribution in [3.63, 3.8) is 0 Å². The van der Waals surface area contributed by atoms with Crippen LogP contribution in [0.5, 0.6) is 0 Å². The van der Waals surface area contributed by atoms with Crippen molar-refractivity contribution in [2.75, 3.05) is 6.61 Å². The molecule has 114 valence electrons. The number of para-hydroxylation sites is 1. The zero-order chi connectivity index (χ0) is 16.0. The molecule has 0 aliphatic carbocycles. The van der Waals surface area contributed by atoms with Crippen molar-refractivity contribution in [2.24, 2.45) is 0 Å². The van der Waals surface area contributed by atoms with E-state index in [9.17, 15) is 4.79 Å². The first-order chi connectivity index (χ1) is 11.2. The van der Waals surface area contributed by atoms with Gasteiger partial charge in [-0.25, -0.2) is 9.78 Å². The van der Waals surface area contributed by atoms with E-state index in [1.165, 1.54) is 0 Å². The number of esters is 1. The quantitative estimate of drug-likeness (QED) is 0.523. The summed E-state index contributed by atoms with van der Waals surface area (Å²) >= 11 is 0. The third kappa shape index (κ3) is 1.91. The number of rotatable bonds is 2. The lowest BCUT2D eigenvalue weighted by Gasteiger charge is -2.13. The molecule has 0 amide bonds. The van der Waals surface area contributed by atoms with Gasteiger partial charge in [-0.2, -0.15) is 0 Å². The predicted octanol–water partition coefficient (Wildman–Crippen LogP) is 4.13. The highest BCUT2D eigenvalue weighted by molar-refractivity contribution is 6.07. The van der Waals surface area contributed by atoms with Crippen molar-refractivity contribution < 1.29 is 9.53 Å². The van der Waals surface area contributed by atoms with Gasteiger partial charge < -0.3 is 4.74 Å². The summed E-state index contributed by atoms with van der Waals surface area (Å²) in [7, 11) is 0. The van der Waals surface area contributed by atoms with Crippen molar-refractivity contribution in [1.82, 2.24) is 9.38 Å². The zero-order valence-corrected chi connectivity index (χ0v) is 13.0. The van der Waals surface area contributed by atoms with E-state index in [1.54, 1.807) is 6.20 Å². The van der Waals surface area contributed by atoms with E-state index in [1.807, 2.05) is 54.6 Å². The van der Waals surface area contributed by atoms with Gasteiger partial charge in [-0.3, -0.25) is 4.40 Å². The molecule has 0 radical (unpaired) electrons. The van der Waals surface area contributed by atoms with E-state index in [2.05, 4.69) is 11.1 Å². The fourth-order valence-corrected chi connectivity index (χ4v) is 3.24. The van der Waals surface area contributed by atoms with Crippen LogP contribution in [-0.4, -0.2) is 22.0 Å². The summed E-state index contributed by atoms with van der Waals surface area (Å²) in [5.41, 5.74) is 4.29. The molecular weight excluding hydrogens is 288 g/mol. The Kier molecular flexibility index (Phi) is 3.05. The van der Waals surface area contributed by atoms with Crippen molar-refractivity contribution in [2.45, 2.75) is 13.8 Å². The summed E-state index contributed by atoms with van der Waals surface area (Å²) in [6.45, 7) is 4.15. The third-order valence-corrected chi connectivity index (χ3v) is 4.22. The highest BCUT2D eigenvalue weighted by Crippen LogP contribution is 2.31. The normalized spacial score (nSPS) is 11.4. The molecule has 3 heterocycles. The third-order valence-electron chi connectivity index (χ3n) is 4.22. The van der Waals surface area contributed by atoms with Crippen LogP contribution in [0.1, 0.15) is 22.8 Å². The lowest BCUT2D eigenvalue weighted by atomic mass is 10.0. The molecule has 4 nitrogen and oxygen atoms in total. The number of carbonyl (C=O) groups is 1. The predicted molar refractivity (Wildman–Crippen MR) is 90.9 cm³/mol. The second kappa shape index (κ2) is 5.09. The number of pyridine rings is 2. The van der Waals surface area contributed by atoms with Gasteiger partial charge in [-0.1, -0.05) is 18.2 Å². The Balaban J connectivity index is 2.27. The van der Waals surface area contributed by atoms with Crippen LogP contribution in [0.2, 0.25) is 0 Å². The molecule has 4 aromatic rings. The van der Waals surface area contributed by atoms with Crippen LogP contribution in [-0.2, 0) is 4.74 Å². The Morgan fingerprint density at radius 1 is 1.17 bits per heavy atom. The first-order valence-corrected chi connectivity index (χ1v) is 7.67. The van der Waals surface area contributed by atoms with Gasteiger partial charge in [0.15, 0.2) is 0 Å². The van der Waals surface area contributed by atoms with Crippen LogP contribution in [0, 0.1) is 6.92 Å². The zero-order valence-electron chi connectivity index (χ0n) is 13.0. The minimum atomic E-state index is -0.288. The average molecular weight is 304 g/mol. The Morgan fingerprint density at radius 3 is 2.83 bits per heavy atom. The van der Waals surface area contributed by atoms with Gasteiger partial charge in [0.2, 0.25) is 0 Å². The minimum absolute atomic E-state index is 0.288. The van der Waals surface area contributed by atoms with E-state index in [0.717, 1.165) is 33.0 Å². The first kappa shape index (κ1) is 13.8. The van der Waals surface area contributed by atoms with E-state index >= 15 is 0 Å². The van der Waals surface area contributed by atoms with Crippen LogP contribution in [0.3, 0.4) is 0 Å². The largest absolute Gasteiger partial charge is 0.462 e. The average Bonchev–Trinajstić information content (AvgIpc) is 2.94. The lowest BCUT2D eigenvalue weighted by Crippen LogP contribution is -2.10. The summed E-state index contributed by atoms with van der Waals surface area (Å²) in [6, 6.07) is 14.0. The summed E-state index contributed by atoms with van der Waals surface area (Å²) in [5.74, 6) is -0.288. The smallest absolute Gasteiger partial charge is 0.340 e. The molecule has 0 atom stereocenters. The summed E-state index contributed by atoms with van der Waals surface area (Å²) in [4.78, 5) is 17.1. The molecule has 0 saturated carbocycles. The van der Waals surface area contributed by atoms with Crippen molar-refractivity contribution in [1.29, 1.82) is 0 Å². The number of hydrogen-bond donors (Lipinski definition) is 0. The fraction of sp³-hybridized carbons (Fsp3) is 0.158. The Bertz CT molecular complexity index is 1060. The van der Waals surface area contributed by atoms with Gasteiger partial charge in [0.1, 0.15) is 5.65 Å². The molecule has 0 N–H and O–H groups in total. The van der Waals surface area contributed by atoms with Crippen molar-refractivity contribution in [3.8, 4) is 0 Å². The Morgan fingerprint density at radius 2 is 2.00 bits per heavy atom. The second-order valence-electron chi connectivity index (χ2n) is 5.52. The standard InChI is InChI=1S/C19H16N2O2/c1-3-23-19(22)17-12(2)14-8-4-5-9-15(14)21-16(17)11-13-7-6-10-20-18(13)21/h4-11H,3H2,1-2H3.